The van der Waals surface area contributed by atoms with E-state index in [2.05, 4.69) is 0 Å². The van der Waals surface area contributed by atoms with Gasteiger partial charge in [0.25, 0.3) is 0 Å². The zero-order chi connectivity index (χ0) is 24.4. The van der Waals surface area contributed by atoms with Gasteiger partial charge in [0.2, 0.25) is 0 Å². The average Bonchev–Trinajstić information content (AvgIpc) is 2.65. The summed E-state index contributed by atoms with van der Waals surface area (Å²) in [7, 11) is -2.41. The molecule has 4 N–H and O–H groups in total. The highest BCUT2D eigenvalue weighted by molar-refractivity contribution is 7.40. The molecule has 0 spiro atoms. The van der Waals surface area contributed by atoms with Crippen LogP contribution >= 0.6 is 17.2 Å². The minimum Gasteiger partial charge on any atom is -0.497 e. The third-order valence-corrected chi connectivity index (χ3v) is 5.54. The molecule has 178 valence electrons. The highest BCUT2D eigenvalue weighted by atomic mass is 31.2. The van der Waals surface area contributed by atoms with E-state index in [-0.39, 0.29) is 11.5 Å². The van der Waals surface area contributed by atoms with Crippen LogP contribution in [0.15, 0.2) is 24.3 Å². The average molecular weight is 486 g/mol. The van der Waals surface area contributed by atoms with Crippen LogP contribution in [0.2, 0.25) is 0 Å². The Kier molecular flexibility index (Phi) is 8.38. The minimum absolute atomic E-state index is 0.229. The Hall–Kier alpha value is -1.66. The van der Waals surface area contributed by atoms with Gasteiger partial charge in [0.1, 0.15) is 23.0 Å². The van der Waals surface area contributed by atoms with Crippen molar-refractivity contribution in [1.29, 1.82) is 0 Å². The van der Waals surface area contributed by atoms with Crippen LogP contribution in [0.3, 0.4) is 0 Å². The summed E-state index contributed by atoms with van der Waals surface area (Å²) in [6, 6.07) is 6.89. The summed E-state index contributed by atoms with van der Waals surface area (Å²) >= 11 is 0. The van der Waals surface area contributed by atoms with Crippen LogP contribution in [0.25, 0.3) is 11.1 Å². The highest BCUT2D eigenvalue weighted by Crippen LogP contribution is 2.52. The first kappa shape index (κ1) is 26.6. The third kappa shape index (κ3) is 6.22. The first-order chi connectivity index (χ1) is 14.7. The van der Waals surface area contributed by atoms with E-state index in [0.717, 1.165) is 0 Å². The molecule has 0 saturated carbocycles. The molecule has 2 aromatic rings. The normalized spacial score (nSPS) is 12.3. The van der Waals surface area contributed by atoms with Gasteiger partial charge in [0.05, 0.1) is 14.2 Å². The van der Waals surface area contributed by atoms with Gasteiger partial charge in [-0.1, -0.05) is 41.5 Å². The SMILES string of the molecule is COc1cc(-c2cc(OC)cc(C(C)(C)C)c2OP(O)O)c(OP(O)O)c(C(C)(C)C)c1. The lowest BCUT2D eigenvalue weighted by Crippen LogP contribution is -2.15. The molecule has 0 aliphatic carbocycles. The van der Waals surface area contributed by atoms with Gasteiger partial charge in [0, 0.05) is 22.3 Å². The quantitative estimate of drug-likeness (QED) is 0.397. The molecule has 0 atom stereocenters. The van der Waals surface area contributed by atoms with Gasteiger partial charge < -0.3 is 38.1 Å². The van der Waals surface area contributed by atoms with Crippen molar-refractivity contribution in [2.45, 2.75) is 52.4 Å². The molecule has 0 unspecified atom stereocenters. The summed E-state index contributed by atoms with van der Waals surface area (Å²) in [6.07, 6.45) is 0. The molecular formula is C22H32O8P2. The van der Waals surface area contributed by atoms with Gasteiger partial charge in [-0.15, -0.1) is 0 Å². The number of methoxy groups -OCH3 is 2. The van der Waals surface area contributed by atoms with Gasteiger partial charge in [-0.2, -0.15) is 0 Å². The summed E-state index contributed by atoms with van der Waals surface area (Å²) in [5.74, 6) is 1.48. The lowest BCUT2D eigenvalue weighted by molar-refractivity contribution is 0.364. The van der Waals surface area contributed by atoms with Gasteiger partial charge in [-0.25, -0.2) is 0 Å². The topological polar surface area (TPSA) is 118 Å². The molecule has 0 bridgehead atoms. The second-order valence-electron chi connectivity index (χ2n) is 9.29. The molecule has 0 amide bonds. The summed E-state index contributed by atoms with van der Waals surface area (Å²) in [6.45, 7) is 11.7. The van der Waals surface area contributed by atoms with E-state index in [1.165, 1.54) is 14.2 Å². The van der Waals surface area contributed by atoms with E-state index in [1.807, 2.05) is 41.5 Å². The van der Waals surface area contributed by atoms with Gasteiger partial charge in [0.15, 0.2) is 0 Å². The third-order valence-electron chi connectivity index (χ3n) is 4.85. The zero-order valence-corrected chi connectivity index (χ0v) is 21.4. The molecular weight excluding hydrogens is 454 g/mol. The van der Waals surface area contributed by atoms with Crippen molar-refractivity contribution < 1.29 is 38.1 Å². The molecule has 0 aliphatic heterocycles. The molecule has 2 rings (SSSR count). The molecule has 0 saturated heterocycles. The van der Waals surface area contributed by atoms with Crippen molar-refractivity contribution in [2.75, 3.05) is 14.2 Å². The van der Waals surface area contributed by atoms with E-state index in [1.54, 1.807) is 24.3 Å². The zero-order valence-electron chi connectivity index (χ0n) is 19.6. The van der Waals surface area contributed by atoms with Crippen LogP contribution in [0.5, 0.6) is 23.0 Å². The van der Waals surface area contributed by atoms with Crippen molar-refractivity contribution in [1.82, 2.24) is 0 Å². The van der Waals surface area contributed by atoms with Gasteiger partial charge in [-0.3, -0.25) is 0 Å². The van der Waals surface area contributed by atoms with Gasteiger partial charge in [-0.05, 0) is 35.1 Å². The number of benzene rings is 2. The summed E-state index contributed by atoms with van der Waals surface area (Å²) < 4.78 is 22.1. The number of hydrogen-bond acceptors (Lipinski definition) is 8. The maximum absolute atomic E-state index is 9.73. The molecule has 0 aromatic heterocycles. The second kappa shape index (κ2) is 10.1. The Morgan fingerprint density at radius 2 is 0.906 bits per heavy atom. The maximum Gasteiger partial charge on any atom is 0.391 e. The smallest absolute Gasteiger partial charge is 0.391 e. The molecule has 0 fully saturated rings. The lowest BCUT2D eigenvalue weighted by Gasteiger charge is -2.29. The molecule has 32 heavy (non-hydrogen) atoms. The second-order valence-corrected chi connectivity index (χ2v) is 10.7. The Balaban J connectivity index is 3.06. The van der Waals surface area contributed by atoms with Crippen LogP contribution in [0.4, 0.5) is 0 Å². The first-order valence-corrected chi connectivity index (χ1v) is 12.2. The maximum atomic E-state index is 9.73. The summed E-state index contributed by atoms with van der Waals surface area (Å²) in [5, 5.41) is 0. The van der Waals surface area contributed by atoms with Crippen molar-refractivity contribution >= 4 is 17.2 Å². The fourth-order valence-corrected chi connectivity index (χ4v) is 4.03. The molecule has 2 aromatic carbocycles. The fraction of sp³-hybridized carbons (Fsp3) is 0.455. The van der Waals surface area contributed by atoms with E-state index in [0.29, 0.717) is 33.8 Å². The Bertz CT molecular complexity index is 869. The Morgan fingerprint density at radius 3 is 1.12 bits per heavy atom. The van der Waals surface area contributed by atoms with E-state index < -0.39 is 28.0 Å². The van der Waals surface area contributed by atoms with Crippen LogP contribution in [0, 0.1) is 0 Å². The molecule has 0 radical (unpaired) electrons. The monoisotopic (exact) mass is 486 g/mol. The molecule has 10 heteroatoms. The van der Waals surface area contributed by atoms with Crippen LogP contribution in [-0.2, 0) is 10.8 Å². The predicted molar refractivity (Wildman–Crippen MR) is 126 cm³/mol. The molecule has 0 heterocycles. The molecule has 0 aliphatic rings. The largest absolute Gasteiger partial charge is 0.497 e. The van der Waals surface area contributed by atoms with Crippen LogP contribution in [-0.4, -0.2) is 33.8 Å². The predicted octanol–water partition coefficient (Wildman–Crippen LogP) is 5.15. The fourth-order valence-electron chi connectivity index (χ4n) is 3.31. The lowest BCUT2D eigenvalue weighted by atomic mass is 9.81. The number of ether oxygens (including phenoxy) is 2. The van der Waals surface area contributed by atoms with E-state index >= 15 is 0 Å². The van der Waals surface area contributed by atoms with Crippen molar-refractivity contribution in [3.63, 3.8) is 0 Å². The van der Waals surface area contributed by atoms with Crippen molar-refractivity contribution in [3.8, 4) is 34.1 Å². The Labute approximate surface area is 191 Å². The summed E-state index contributed by atoms with van der Waals surface area (Å²) in [5.41, 5.74) is 1.31. The Morgan fingerprint density at radius 1 is 0.594 bits per heavy atom. The highest BCUT2D eigenvalue weighted by Gasteiger charge is 2.31. The minimum atomic E-state index is -2.74. The number of hydrogen-bond donors (Lipinski definition) is 4. The van der Waals surface area contributed by atoms with E-state index in [4.69, 9.17) is 18.5 Å². The van der Waals surface area contributed by atoms with Gasteiger partial charge >= 0.3 is 17.2 Å². The van der Waals surface area contributed by atoms with Crippen LogP contribution in [0.1, 0.15) is 52.7 Å². The van der Waals surface area contributed by atoms with Crippen molar-refractivity contribution in [2.24, 2.45) is 0 Å². The number of rotatable bonds is 7. The molecule has 8 nitrogen and oxygen atoms in total. The van der Waals surface area contributed by atoms with E-state index in [9.17, 15) is 19.6 Å². The summed E-state index contributed by atoms with van der Waals surface area (Å²) in [4.78, 5) is 38.9. The van der Waals surface area contributed by atoms with Crippen LogP contribution < -0.4 is 18.5 Å². The first-order valence-electron chi connectivity index (χ1n) is 9.86. The van der Waals surface area contributed by atoms with Crippen molar-refractivity contribution in [3.05, 3.63) is 35.4 Å². The standard InChI is InChI=1S/C22H32O8P2/c1-21(2,3)17-11-13(27-7)9-15(19(17)29-31(23)24)16-10-14(28-8)12-18(22(4,5)6)20(16)30-32(25)26/h9-12,23-26H,1-8H3.